The molecule has 1 aliphatic carbocycles. The predicted molar refractivity (Wildman–Crippen MR) is 74.3 cm³/mol. The zero-order valence-electron chi connectivity index (χ0n) is 11.8. The van der Waals surface area contributed by atoms with E-state index in [9.17, 15) is 23.1 Å². The summed E-state index contributed by atoms with van der Waals surface area (Å²) in [4.78, 5) is 14.3. The van der Waals surface area contributed by atoms with Crippen LogP contribution in [-0.2, 0) is 5.60 Å². The molecule has 1 aromatic heterocycles. The molecule has 0 saturated heterocycles. The molecule has 0 radical (unpaired) electrons. The Kier molecular flexibility index (Phi) is 3.60. The van der Waals surface area contributed by atoms with E-state index in [0.717, 1.165) is 24.8 Å². The molecular weight excluding hydrogens is 311 g/mol. The molecule has 23 heavy (non-hydrogen) atoms. The van der Waals surface area contributed by atoms with Gasteiger partial charge in [0.05, 0.1) is 16.7 Å². The second-order valence-electron chi connectivity index (χ2n) is 5.56. The van der Waals surface area contributed by atoms with Crippen molar-refractivity contribution < 1.29 is 28.2 Å². The summed E-state index contributed by atoms with van der Waals surface area (Å²) in [5.41, 5.74) is -2.87. The summed E-state index contributed by atoms with van der Waals surface area (Å²) in [7, 11) is 0. The molecule has 3 rings (SSSR count). The van der Waals surface area contributed by atoms with Gasteiger partial charge in [0, 0.05) is 6.20 Å². The van der Waals surface area contributed by atoms with E-state index in [-0.39, 0.29) is 5.56 Å². The number of carboxylic acids is 1. The van der Waals surface area contributed by atoms with Gasteiger partial charge in [0.15, 0.2) is 5.82 Å². The number of aromatic carboxylic acids is 1. The van der Waals surface area contributed by atoms with Gasteiger partial charge in [-0.05, 0) is 43.0 Å². The molecule has 2 N–H and O–H groups in total. The van der Waals surface area contributed by atoms with E-state index in [4.69, 9.17) is 5.11 Å². The molecule has 0 aliphatic heterocycles. The second-order valence-corrected chi connectivity index (χ2v) is 5.56. The fraction of sp³-hybridized carbons (Fsp3) is 0.250. The van der Waals surface area contributed by atoms with Crippen LogP contribution in [0.5, 0.6) is 0 Å². The van der Waals surface area contributed by atoms with Crippen LogP contribution in [0.2, 0.25) is 0 Å². The molecule has 0 bridgehead atoms. The van der Waals surface area contributed by atoms with Crippen molar-refractivity contribution in [1.82, 2.24) is 4.98 Å². The van der Waals surface area contributed by atoms with Crippen molar-refractivity contribution in [2.24, 2.45) is 0 Å². The summed E-state index contributed by atoms with van der Waals surface area (Å²) in [5, 5.41) is 18.9. The first kappa shape index (κ1) is 15.5. The van der Waals surface area contributed by atoms with Crippen LogP contribution < -0.4 is 0 Å². The maximum atomic E-state index is 14.3. The predicted octanol–water partition coefficient (Wildman–Crippen LogP) is 3.24. The van der Waals surface area contributed by atoms with Crippen molar-refractivity contribution in [2.75, 3.05) is 0 Å². The number of hydrogen-bond donors (Lipinski definition) is 2. The average Bonchev–Trinajstić information content (AvgIpc) is 2.45. The first-order valence-corrected chi connectivity index (χ1v) is 6.93. The monoisotopic (exact) mass is 323 g/mol. The van der Waals surface area contributed by atoms with Crippen LogP contribution in [0.3, 0.4) is 0 Å². The van der Waals surface area contributed by atoms with E-state index in [1.54, 1.807) is 0 Å². The molecule has 1 aliphatic rings. The van der Waals surface area contributed by atoms with Crippen LogP contribution in [0.4, 0.5) is 13.2 Å². The normalized spacial score (nSPS) is 16.0. The quantitative estimate of drug-likeness (QED) is 0.910. The standard InChI is InChI=1S/C16H12F3NO3/c17-10-5-9(16(23)2-1-3-16)6-11(18)13(10)14-12(19)4-8(7-20-14)15(21)22/h4-7,23H,1-3H2,(H,21,22). The van der Waals surface area contributed by atoms with Crippen molar-refractivity contribution >= 4 is 5.97 Å². The third-order valence-electron chi connectivity index (χ3n) is 4.09. The zero-order chi connectivity index (χ0) is 16.8. The molecule has 0 atom stereocenters. The van der Waals surface area contributed by atoms with E-state index >= 15 is 0 Å². The van der Waals surface area contributed by atoms with Gasteiger partial charge in [0.25, 0.3) is 0 Å². The molecule has 4 nitrogen and oxygen atoms in total. The molecule has 0 spiro atoms. The molecule has 1 heterocycles. The van der Waals surface area contributed by atoms with Crippen molar-refractivity contribution in [1.29, 1.82) is 0 Å². The van der Waals surface area contributed by atoms with Crippen LogP contribution in [0.15, 0.2) is 24.4 Å². The lowest BCUT2D eigenvalue weighted by Gasteiger charge is -2.37. The van der Waals surface area contributed by atoms with E-state index in [1.807, 2.05) is 0 Å². The van der Waals surface area contributed by atoms with Gasteiger partial charge >= 0.3 is 5.97 Å². The van der Waals surface area contributed by atoms with Crippen LogP contribution in [-0.4, -0.2) is 21.2 Å². The molecular formula is C16H12F3NO3. The van der Waals surface area contributed by atoms with Crippen molar-refractivity contribution in [3.8, 4) is 11.3 Å². The van der Waals surface area contributed by atoms with Gasteiger partial charge < -0.3 is 10.2 Å². The number of hydrogen-bond acceptors (Lipinski definition) is 3. The number of pyridine rings is 1. The molecule has 0 unspecified atom stereocenters. The summed E-state index contributed by atoms with van der Waals surface area (Å²) in [5.74, 6) is -4.66. The number of nitrogens with zero attached hydrogens (tertiary/aromatic N) is 1. The topological polar surface area (TPSA) is 70.4 Å². The number of rotatable bonds is 3. The minimum Gasteiger partial charge on any atom is -0.478 e. The van der Waals surface area contributed by atoms with E-state index in [1.165, 1.54) is 0 Å². The molecule has 1 aromatic carbocycles. The van der Waals surface area contributed by atoms with Crippen LogP contribution in [0.1, 0.15) is 35.2 Å². The van der Waals surface area contributed by atoms with Crippen molar-refractivity contribution in [2.45, 2.75) is 24.9 Å². The Labute approximate surface area is 129 Å². The van der Waals surface area contributed by atoms with Gasteiger partial charge in [0.1, 0.15) is 17.3 Å². The molecule has 1 saturated carbocycles. The van der Waals surface area contributed by atoms with Gasteiger partial charge in [-0.25, -0.2) is 18.0 Å². The largest absolute Gasteiger partial charge is 0.478 e. The lowest BCUT2D eigenvalue weighted by molar-refractivity contribution is -0.0392. The number of carboxylic acid groups (broad SMARTS) is 1. The summed E-state index contributed by atoms with van der Waals surface area (Å²) in [6, 6.07) is 2.57. The smallest absolute Gasteiger partial charge is 0.337 e. The highest BCUT2D eigenvalue weighted by Crippen LogP contribution is 2.42. The molecule has 2 aromatic rings. The Bertz CT molecular complexity index is 780. The molecule has 0 amide bonds. The Morgan fingerprint density at radius 1 is 1.09 bits per heavy atom. The maximum absolute atomic E-state index is 14.3. The summed E-state index contributed by atoms with van der Waals surface area (Å²) in [6.07, 6.45) is 2.40. The number of aromatic nitrogens is 1. The molecule has 1 fully saturated rings. The first-order valence-electron chi connectivity index (χ1n) is 6.93. The van der Waals surface area contributed by atoms with Gasteiger partial charge in [-0.2, -0.15) is 0 Å². The Morgan fingerprint density at radius 2 is 1.70 bits per heavy atom. The summed E-state index contributed by atoms with van der Waals surface area (Å²) < 4.78 is 42.5. The van der Waals surface area contributed by atoms with Crippen LogP contribution >= 0.6 is 0 Å². The fourth-order valence-electron chi connectivity index (χ4n) is 2.61. The first-order chi connectivity index (χ1) is 10.8. The van der Waals surface area contributed by atoms with Gasteiger partial charge in [0.2, 0.25) is 0 Å². The SMILES string of the molecule is O=C(O)c1cnc(-c2c(F)cc(C3(O)CCC3)cc2F)c(F)c1. The van der Waals surface area contributed by atoms with E-state index < -0.39 is 45.8 Å². The average molecular weight is 323 g/mol. The molecule has 7 heteroatoms. The highest BCUT2D eigenvalue weighted by Gasteiger charge is 2.37. The Hall–Kier alpha value is -2.41. The lowest BCUT2D eigenvalue weighted by atomic mass is 9.75. The summed E-state index contributed by atoms with van der Waals surface area (Å²) in [6.45, 7) is 0. The minimum atomic E-state index is -1.40. The van der Waals surface area contributed by atoms with Crippen LogP contribution in [0, 0.1) is 17.5 Å². The van der Waals surface area contributed by atoms with Gasteiger partial charge in [-0.3, -0.25) is 4.98 Å². The fourth-order valence-corrected chi connectivity index (χ4v) is 2.61. The highest BCUT2D eigenvalue weighted by atomic mass is 19.1. The number of halogens is 3. The van der Waals surface area contributed by atoms with Crippen molar-refractivity contribution in [3.63, 3.8) is 0 Å². The number of aliphatic hydroxyl groups is 1. The highest BCUT2D eigenvalue weighted by molar-refractivity contribution is 5.87. The van der Waals surface area contributed by atoms with Crippen molar-refractivity contribution in [3.05, 3.63) is 53.0 Å². The number of carbonyl (C=O) groups is 1. The number of benzene rings is 1. The minimum absolute atomic E-state index is 0.102. The third kappa shape index (κ3) is 2.57. The lowest BCUT2D eigenvalue weighted by Crippen LogP contribution is -2.33. The maximum Gasteiger partial charge on any atom is 0.337 e. The molecule has 120 valence electrons. The van der Waals surface area contributed by atoms with E-state index in [0.29, 0.717) is 18.9 Å². The van der Waals surface area contributed by atoms with Crippen LogP contribution in [0.25, 0.3) is 11.3 Å². The summed E-state index contributed by atoms with van der Waals surface area (Å²) >= 11 is 0. The van der Waals surface area contributed by atoms with Gasteiger partial charge in [-0.1, -0.05) is 0 Å². The third-order valence-corrected chi connectivity index (χ3v) is 4.09. The zero-order valence-corrected chi connectivity index (χ0v) is 11.8. The Morgan fingerprint density at radius 3 is 2.13 bits per heavy atom. The van der Waals surface area contributed by atoms with E-state index in [2.05, 4.69) is 4.98 Å². The van der Waals surface area contributed by atoms with Gasteiger partial charge in [-0.15, -0.1) is 0 Å². The second kappa shape index (κ2) is 5.34. The Balaban J connectivity index is 2.09.